The molecule has 13 nitrogen and oxygen atoms in total. The van der Waals surface area contributed by atoms with E-state index in [2.05, 4.69) is 0 Å². The van der Waals surface area contributed by atoms with E-state index < -0.39 is 11.8 Å². The van der Waals surface area contributed by atoms with E-state index >= 15 is 0 Å². The highest BCUT2D eigenvalue weighted by Crippen LogP contribution is 2.13. The first-order valence-corrected chi connectivity index (χ1v) is 15.4. The monoisotopic (exact) mass is 630 g/mol. The van der Waals surface area contributed by atoms with Gasteiger partial charge in [0.1, 0.15) is 6.61 Å². The summed E-state index contributed by atoms with van der Waals surface area (Å²) in [5.41, 5.74) is 0.297. The number of carbonyl (C=O) groups is 2. The fourth-order valence-corrected chi connectivity index (χ4v) is 3.69. The maximum atomic E-state index is 11.9. The highest BCUT2D eigenvalue weighted by atomic mass is 16.7. The predicted octanol–water partition coefficient (Wildman–Crippen LogP) is 2.09. The third-order valence-corrected chi connectivity index (χ3v) is 5.96. The Bertz CT molecular complexity index is 805. The molecule has 1 heterocycles. The van der Waals surface area contributed by atoms with Crippen LogP contribution in [0.1, 0.15) is 29.6 Å². The molecule has 0 saturated carbocycles. The van der Waals surface area contributed by atoms with Crippen molar-refractivity contribution in [1.29, 1.82) is 0 Å². The van der Waals surface area contributed by atoms with Crippen molar-refractivity contribution in [3.05, 3.63) is 35.9 Å². The van der Waals surface area contributed by atoms with Crippen molar-refractivity contribution in [3.63, 3.8) is 0 Å². The molecule has 0 radical (unpaired) electrons. The summed E-state index contributed by atoms with van der Waals surface area (Å²) in [5, 5.41) is 0. The molecule has 1 unspecified atom stereocenters. The van der Waals surface area contributed by atoms with Gasteiger partial charge in [0.25, 0.3) is 5.78 Å². The van der Waals surface area contributed by atoms with Gasteiger partial charge in [-0.2, -0.15) is 0 Å². The molecular weight excluding hydrogens is 580 g/mol. The number of ketones is 1. The average Bonchev–Trinajstić information content (AvgIpc) is 3.06. The first-order chi connectivity index (χ1) is 21.8. The van der Waals surface area contributed by atoms with Crippen LogP contribution in [0, 0.1) is 0 Å². The highest BCUT2D eigenvalue weighted by molar-refractivity contribution is 6.40. The van der Waals surface area contributed by atoms with Gasteiger partial charge in [-0.05, 0) is 19.3 Å². The van der Waals surface area contributed by atoms with Crippen LogP contribution in [0.3, 0.4) is 0 Å². The number of hydrogen-bond acceptors (Lipinski definition) is 13. The lowest BCUT2D eigenvalue weighted by atomic mass is 10.1. The molecule has 0 aliphatic carbocycles. The molecule has 1 fully saturated rings. The number of hydrogen-bond donors (Lipinski definition) is 0. The van der Waals surface area contributed by atoms with Crippen LogP contribution in [0.2, 0.25) is 0 Å². The normalized spacial score (nSPS) is 15.0. The van der Waals surface area contributed by atoms with E-state index in [-0.39, 0.29) is 19.5 Å². The summed E-state index contributed by atoms with van der Waals surface area (Å²) in [5.74, 6) is -1.57. The molecule has 0 spiro atoms. The summed E-state index contributed by atoms with van der Waals surface area (Å²) < 4.78 is 59.5. The number of ether oxygens (including phenoxy) is 11. The fourth-order valence-electron chi connectivity index (χ4n) is 3.69. The lowest BCUT2D eigenvalue weighted by molar-refractivity contribution is -0.169. The van der Waals surface area contributed by atoms with Crippen LogP contribution < -0.4 is 0 Å². The Morgan fingerprint density at radius 1 is 0.545 bits per heavy atom. The minimum atomic E-state index is -0.895. The van der Waals surface area contributed by atoms with Crippen LogP contribution in [0.15, 0.2) is 30.3 Å². The predicted molar refractivity (Wildman–Crippen MR) is 158 cm³/mol. The number of carbonyl (C=O) groups excluding carboxylic acids is 2. The zero-order chi connectivity index (χ0) is 31.2. The van der Waals surface area contributed by atoms with Gasteiger partial charge in [-0.15, -0.1) is 0 Å². The quantitative estimate of drug-likeness (QED) is 0.0532. The molecular formula is C31H50O13. The molecule has 0 aromatic heterocycles. The summed E-state index contributed by atoms with van der Waals surface area (Å²) in [4.78, 5) is 23.6. The van der Waals surface area contributed by atoms with E-state index in [9.17, 15) is 9.59 Å². The Morgan fingerprint density at radius 3 is 1.36 bits per heavy atom. The van der Waals surface area contributed by atoms with Gasteiger partial charge in [0, 0.05) is 12.2 Å². The standard InChI is InChI=1S/C31H50O13/c32-30(28-6-2-1-3-7-28)31(33)44-27-25-41-23-21-39-19-17-37-15-13-35-11-10-34-12-14-36-16-18-38-20-22-40-24-26-43-29-8-4-5-9-42-29/h1-3,6-7,29H,4-5,8-27H2. The van der Waals surface area contributed by atoms with Crippen LogP contribution in [-0.4, -0.2) is 144 Å². The summed E-state index contributed by atoms with van der Waals surface area (Å²) in [7, 11) is 0. The zero-order valence-corrected chi connectivity index (χ0v) is 25.8. The lowest BCUT2D eigenvalue weighted by Crippen LogP contribution is -2.24. The molecule has 0 amide bonds. The van der Waals surface area contributed by atoms with Gasteiger partial charge in [0.2, 0.25) is 0 Å². The van der Waals surface area contributed by atoms with Gasteiger partial charge in [-0.1, -0.05) is 30.3 Å². The molecule has 1 atom stereocenters. The number of Topliss-reactive ketones (excluding diaryl/α,β-unsaturated/α-hetero) is 1. The van der Waals surface area contributed by atoms with Crippen LogP contribution in [0.25, 0.3) is 0 Å². The fraction of sp³-hybridized carbons (Fsp3) is 0.742. The Labute approximate surface area is 260 Å². The summed E-state index contributed by atoms with van der Waals surface area (Å²) in [6.45, 7) is 8.58. The molecule has 252 valence electrons. The van der Waals surface area contributed by atoms with E-state index in [1.54, 1.807) is 30.3 Å². The summed E-state index contributed by atoms with van der Waals surface area (Å²) in [6.07, 6.45) is 3.16. The van der Waals surface area contributed by atoms with E-state index in [0.29, 0.717) is 111 Å². The minimum Gasteiger partial charge on any atom is -0.457 e. The van der Waals surface area contributed by atoms with Gasteiger partial charge in [-0.25, -0.2) is 4.79 Å². The lowest BCUT2D eigenvalue weighted by Gasteiger charge is -2.22. The maximum Gasteiger partial charge on any atom is 0.379 e. The largest absolute Gasteiger partial charge is 0.457 e. The van der Waals surface area contributed by atoms with Crippen molar-refractivity contribution in [2.45, 2.75) is 25.6 Å². The second-order valence-electron chi connectivity index (χ2n) is 9.40. The molecule has 1 aliphatic heterocycles. The molecule has 1 aromatic carbocycles. The van der Waals surface area contributed by atoms with Gasteiger partial charge >= 0.3 is 5.97 Å². The highest BCUT2D eigenvalue weighted by Gasteiger charge is 2.17. The van der Waals surface area contributed by atoms with Crippen LogP contribution in [-0.2, 0) is 56.9 Å². The van der Waals surface area contributed by atoms with E-state index in [1.165, 1.54) is 0 Å². The van der Waals surface area contributed by atoms with Crippen molar-refractivity contribution in [3.8, 4) is 0 Å². The van der Waals surface area contributed by atoms with E-state index in [0.717, 1.165) is 25.9 Å². The second-order valence-corrected chi connectivity index (χ2v) is 9.40. The SMILES string of the molecule is O=C(OCCOCCOCCOCCOCCOCCOCCOCCOCCOC1CCCCO1)C(=O)c1ccccc1. The zero-order valence-electron chi connectivity index (χ0n) is 25.8. The van der Waals surface area contributed by atoms with Crippen molar-refractivity contribution in [2.75, 3.05) is 126 Å². The van der Waals surface area contributed by atoms with Crippen molar-refractivity contribution in [2.24, 2.45) is 0 Å². The Kier molecular flexibility index (Phi) is 24.7. The number of esters is 1. The van der Waals surface area contributed by atoms with Crippen LogP contribution in [0.4, 0.5) is 0 Å². The van der Waals surface area contributed by atoms with Crippen LogP contribution in [0.5, 0.6) is 0 Å². The van der Waals surface area contributed by atoms with Gasteiger partial charge < -0.3 is 52.1 Å². The average molecular weight is 631 g/mol. The number of benzene rings is 1. The Hall–Kier alpha value is -2.04. The van der Waals surface area contributed by atoms with Crippen molar-refractivity contribution >= 4 is 11.8 Å². The molecule has 1 aliphatic rings. The Morgan fingerprint density at radius 2 is 0.955 bits per heavy atom. The molecule has 1 saturated heterocycles. The summed E-state index contributed by atoms with van der Waals surface area (Å²) >= 11 is 0. The van der Waals surface area contributed by atoms with E-state index in [4.69, 9.17) is 52.1 Å². The molecule has 0 bridgehead atoms. The topological polar surface area (TPSA) is 136 Å². The van der Waals surface area contributed by atoms with Crippen molar-refractivity contribution < 1.29 is 61.7 Å². The van der Waals surface area contributed by atoms with Crippen LogP contribution >= 0.6 is 0 Å². The molecule has 44 heavy (non-hydrogen) atoms. The first kappa shape index (κ1) is 38.1. The minimum absolute atomic E-state index is 0.000314. The van der Waals surface area contributed by atoms with Gasteiger partial charge in [-0.3, -0.25) is 4.79 Å². The van der Waals surface area contributed by atoms with Gasteiger partial charge in [0.05, 0.1) is 112 Å². The second kappa shape index (κ2) is 28.4. The molecule has 13 heteroatoms. The smallest absolute Gasteiger partial charge is 0.379 e. The van der Waals surface area contributed by atoms with Gasteiger partial charge in [0.15, 0.2) is 6.29 Å². The molecule has 0 N–H and O–H groups in total. The first-order valence-electron chi connectivity index (χ1n) is 15.4. The van der Waals surface area contributed by atoms with E-state index in [1.807, 2.05) is 0 Å². The third kappa shape index (κ3) is 21.6. The van der Waals surface area contributed by atoms with Crippen molar-refractivity contribution in [1.82, 2.24) is 0 Å². The molecule has 1 aromatic rings. The maximum absolute atomic E-state index is 11.9. The summed E-state index contributed by atoms with van der Waals surface area (Å²) in [6, 6.07) is 8.26. The number of rotatable bonds is 30. The Balaban J connectivity index is 1.17. The third-order valence-electron chi connectivity index (χ3n) is 5.96. The molecule has 2 rings (SSSR count).